The molecule has 0 radical (unpaired) electrons. The van der Waals surface area contributed by atoms with Crippen molar-refractivity contribution in [2.45, 2.75) is 20.0 Å². The molecule has 11 nitrogen and oxygen atoms in total. The van der Waals surface area contributed by atoms with Crippen LogP contribution in [0.15, 0.2) is 60.7 Å². The molecule has 4 rings (SSSR count). The van der Waals surface area contributed by atoms with Gasteiger partial charge >= 0.3 is 5.97 Å². The highest BCUT2D eigenvalue weighted by molar-refractivity contribution is 6.08. The van der Waals surface area contributed by atoms with Gasteiger partial charge in [0.1, 0.15) is 5.84 Å². The third kappa shape index (κ3) is 8.21. The van der Waals surface area contributed by atoms with Gasteiger partial charge in [0.25, 0.3) is 5.91 Å². The zero-order valence-corrected chi connectivity index (χ0v) is 24.0. The average Bonchev–Trinajstić information content (AvgIpc) is 2.97. The molecule has 0 spiro atoms. The zero-order valence-electron chi connectivity index (χ0n) is 24.0. The third-order valence-electron chi connectivity index (χ3n) is 6.93. The molecule has 0 atom stereocenters. The number of carbonyl (C=O) groups is 2. The number of nitrogens with two attached hydrogens (primary N) is 1. The van der Waals surface area contributed by atoms with Gasteiger partial charge in [0, 0.05) is 61.8 Å². The van der Waals surface area contributed by atoms with E-state index < -0.39 is 12.6 Å². The Kier molecular flexibility index (Phi) is 10.4. The number of nitrogens with zero attached hydrogens (tertiary/aromatic N) is 2. The summed E-state index contributed by atoms with van der Waals surface area (Å²) in [5.74, 6) is -0.594. The van der Waals surface area contributed by atoms with Crippen LogP contribution >= 0.6 is 0 Å². The molecule has 42 heavy (non-hydrogen) atoms. The number of nitrogen functional groups attached to an aromatic ring is 1. The number of carboxylic acid groups (broad SMARTS) is 1. The standard InChI is InChI=1S/C31H38N6O5/c1-3-41-27-17-21(19-37-14-12-36(2)13-15-37)16-23(29(27)42-20-28(38)39)18-34-26-7-5-4-6-25(26)31(40)35-24-10-8-22(9-11-24)30(32)33/h4-11,16-17,34H,3,12-15,18-20H2,1-2H3,(H3,32,33)(H,35,40)(H,38,39). The lowest BCUT2D eigenvalue weighted by atomic mass is 10.1. The number of amides is 1. The van der Waals surface area contributed by atoms with Crippen molar-refractivity contribution in [3.8, 4) is 11.5 Å². The van der Waals surface area contributed by atoms with Crippen LogP contribution in [0.5, 0.6) is 11.5 Å². The summed E-state index contributed by atoms with van der Waals surface area (Å²) >= 11 is 0. The molecule has 0 unspecified atom stereocenters. The largest absolute Gasteiger partial charge is 0.490 e. The average molecular weight is 575 g/mol. The monoisotopic (exact) mass is 574 g/mol. The highest BCUT2D eigenvalue weighted by atomic mass is 16.5. The SMILES string of the molecule is CCOc1cc(CN2CCN(C)CC2)cc(CNc2ccccc2C(=O)Nc2ccc(C(=N)N)cc2)c1OCC(=O)O. The van der Waals surface area contributed by atoms with Gasteiger partial charge in [-0.15, -0.1) is 0 Å². The number of amidine groups is 1. The van der Waals surface area contributed by atoms with Crippen LogP contribution in [0.4, 0.5) is 11.4 Å². The first-order valence-corrected chi connectivity index (χ1v) is 13.9. The number of nitrogens with one attached hydrogen (secondary N) is 3. The summed E-state index contributed by atoms with van der Waals surface area (Å²) in [4.78, 5) is 29.2. The van der Waals surface area contributed by atoms with Gasteiger partial charge in [0.15, 0.2) is 18.1 Å². The molecule has 1 fully saturated rings. The van der Waals surface area contributed by atoms with Gasteiger partial charge in [-0.3, -0.25) is 15.1 Å². The Balaban J connectivity index is 1.57. The molecule has 0 bridgehead atoms. The van der Waals surface area contributed by atoms with Crippen LogP contribution in [-0.2, 0) is 17.9 Å². The maximum absolute atomic E-state index is 13.2. The molecule has 1 aliphatic rings. The molecule has 3 aromatic carbocycles. The normalized spacial score (nSPS) is 13.8. The summed E-state index contributed by atoms with van der Waals surface area (Å²) in [5.41, 5.74) is 9.45. The summed E-state index contributed by atoms with van der Waals surface area (Å²) in [7, 11) is 2.12. The molecule has 1 amide bonds. The second-order valence-electron chi connectivity index (χ2n) is 10.1. The Morgan fingerprint density at radius 3 is 2.40 bits per heavy atom. The molecular weight excluding hydrogens is 536 g/mol. The Morgan fingerprint density at radius 2 is 1.74 bits per heavy atom. The van der Waals surface area contributed by atoms with E-state index in [1.54, 1.807) is 36.4 Å². The number of carboxylic acids is 1. The highest BCUT2D eigenvalue weighted by Crippen LogP contribution is 2.35. The van der Waals surface area contributed by atoms with E-state index in [0.717, 1.165) is 43.9 Å². The quantitative estimate of drug-likeness (QED) is 0.153. The van der Waals surface area contributed by atoms with Crippen molar-refractivity contribution in [1.82, 2.24) is 9.80 Å². The van der Waals surface area contributed by atoms with Crippen molar-refractivity contribution < 1.29 is 24.2 Å². The number of ether oxygens (including phenoxy) is 2. The minimum Gasteiger partial charge on any atom is -0.490 e. The Hall–Kier alpha value is -4.61. The molecule has 1 aliphatic heterocycles. The number of benzene rings is 3. The van der Waals surface area contributed by atoms with Crippen molar-refractivity contribution >= 4 is 29.1 Å². The maximum Gasteiger partial charge on any atom is 0.341 e. The third-order valence-corrected chi connectivity index (χ3v) is 6.93. The number of likely N-dealkylation sites (N-methyl/N-ethyl adjacent to an activating group) is 1. The van der Waals surface area contributed by atoms with Gasteiger partial charge in [-0.05, 0) is 68.1 Å². The summed E-state index contributed by atoms with van der Waals surface area (Å²) in [6.45, 7) is 6.63. The Morgan fingerprint density at radius 1 is 1.02 bits per heavy atom. The van der Waals surface area contributed by atoms with Crippen LogP contribution in [0.1, 0.15) is 34.0 Å². The van der Waals surface area contributed by atoms with Crippen LogP contribution in [0, 0.1) is 5.41 Å². The number of para-hydroxylation sites is 1. The molecule has 11 heteroatoms. The van der Waals surface area contributed by atoms with Crippen molar-refractivity contribution in [2.24, 2.45) is 5.73 Å². The second-order valence-corrected chi connectivity index (χ2v) is 10.1. The molecular formula is C31H38N6O5. The van der Waals surface area contributed by atoms with Crippen molar-refractivity contribution in [3.05, 3.63) is 82.9 Å². The summed E-state index contributed by atoms with van der Waals surface area (Å²) < 4.78 is 11.6. The first-order valence-electron chi connectivity index (χ1n) is 13.9. The number of anilines is 2. The van der Waals surface area contributed by atoms with Crippen molar-refractivity contribution in [3.63, 3.8) is 0 Å². The maximum atomic E-state index is 13.2. The number of hydrogen-bond acceptors (Lipinski definition) is 8. The Labute approximate surface area is 245 Å². The molecule has 3 aromatic rings. The fourth-order valence-corrected chi connectivity index (χ4v) is 4.73. The van der Waals surface area contributed by atoms with E-state index in [4.69, 9.17) is 20.6 Å². The molecule has 1 heterocycles. The minimum absolute atomic E-state index is 0.0470. The van der Waals surface area contributed by atoms with E-state index in [-0.39, 0.29) is 18.3 Å². The van der Waals surface area contributed by atoms with Crippen LogP contribution in [0.3, 0.4) is 0 Å². The minimum atomic E-state index is -1.09. The van der Waals surface area contributed by atoms with Crippen LogP contribution in [0.2, 0.25) is 0 Å². The van der Waals surface area contributed by atoms with E-state index >= 15 is 0 Å². The van der Waals surface area contributed by atoms with Gasteiger partial charge in [-0.2, -0.15) is 0 Å². The molecule has 1 saturated heterocycles. The first kappa shape index (κ1) is 30.4. The number of hydrogen-bond donors (Lipinski definition) is 5. The predicted molar refractivity (Wildman–Crippen MR) is 163 cm³/mol. The van der Waals surface area contributed by atoms with Gasteiger partial charge < -0.3 is 35.8 Å². The van der Waals surface area contributed by atoms with Gasteiger partial charge in [-0.25, -0.2) is 4.79 Å². The van der Waals surface area contributed by atoms with Crippen LogP contribution in [0.25, 0.3) is 0 Å². The fraction of sp³-hybridized carbons (Fsp3) is 0.323. The Bertz CT molecular complexity index is 1400. The van der Waals surface area contributed by atoms with Gasteiger partial charge in [0.2, 0.25) is 0 Å². The summed E-state index contributed by atoms with van der Waals surface area (Å²) in [6, 6.07) is 17.8. The molecule has 0 saturated carbocycles. The second kappa shape index (κ2) is 14.3. The topological polar surface area (TPSA) is 153 Å². The van der Waals surface area contributed by atoms with Crippen LogP contribution in [-0.4, -0.2) is 79.1 Å². The number of aliphatic carboxylic acids is 1. The molecule has 0 aliphatic carbocycles. The van der Waals surface area contributed by atoms with Crippen molar-refractivity contribution in [2.75, 3.05) is 57.1 Å². The number of carbonyl (C=O) groups excluding carboxylic acids is 1. The van der Waals surface area contributed by atoms with E-state index in [0.29, 0.717) is 40.6 Å². The smallest absolute Gasteiger partial charge is 0.341 e. The highest BCUT2D eigenvalue weighted by Gasteiger charge is 2.20. The first-order chi connectivity index (χ1) is 20.2. The molecule has 0 aromatic heterocycles. The van der Waals surface area contributed by atoms with Crippen LogP contribution < -0.4 is 25.8 Å². The fourth-order valence-electron chi connectivity index (χ4n) is 4.73. The molecule has 6 N–H and O–H groups in total. The van der Waals surface area contributed by atoms with Gasteiger partial charge in [-0.1, -0.05) is 12.1 Å². The van der Waals surface area contributed by atoms with E-state index in [9.17, 15) is 14.7 Å². The zero-order chi connectivity index (χ0) is 30.1. The lowest BCUT2D eigenvalue weighted by Gasteiger charge is -2.32. The van der Waals surface area contributed by atoms with Gasteiger partial charge in [0.05, 0.1) is 12.2 Å². The van der Waals surface area contributed by atoms with Crippen molar-refractivity contribution in [1.29, 1.82) is 5.41 Å². The number of piperazine rings is 1. The summed E-state index contributed by atoms with van der Waals surface area (Å²) in [6.07, 6.45) is 0. The lowest BCUT2D eigenvalue weighted by Crippen LogP contribution is -2.43. The van der Waals surface area contributed by atoms with E-state index in [1.807, 2.05) is 31.2 Å². The molecule has 222 valence electrons. The predicted octanol–water partition coefficient (Wildman–Crippen LogP) is 3.44. The number of rotatable bonds is 13. The lowest BCUT2D eigenvalue weighted by molar-refractivity contribution is -0.139. The van der Waals surface area contributed by atoms with E-state index in [1.165, 1.54) is 0 Å². The summed E-state index contributed by atoms with van der Waals surface area (Å²) in [5, 5.41) is 23.1. The van der Waals surface area contributed by atoms with E-state index in [2.05, 4.69) is 27.5 Å².